The third kappa shape index (κ3) is 1.66. The predicted molar refractivity (Wildman–Crippen MR) is 49.6 cm³/mol. The molecule has 0 aliphatic heterocycles. The highest BCUT2D eigenvalue weighted by Gasteiger charge is 2.14. The molecule has 0 aliphatic rings. The summed E-state index contributed by atoms with van der Waals surface area (Å²) in [4.78, 5) is 9.99. The smallest absolute Gasteiger partial charge is 0.258 e. The van der Waals surface area contributed by atoms with Crippen molar-refractivity contribution in [2.75, 3.05) is 0 Å². The SMILES string of the molecule is C[n+]1[nH]nnc1-c1ccc([N+](=O)[O-])cc1. The molecule has 2 aromatic rings. The van der Waals surface area contributed by atoms with Gasteiger partial charge < -0.3 is 0 Å². The van der Waals surface area contributed by atoms with E-state index in [0.29, 0.717) is 5.82 Å². The predicted octanol–water partition coefficient (Wildman–Crippen LogP) is 0.204. The molecule has 0 saturated heterocycles. The van der Waals surface area contributed by atoms with Gasteiger partial charge in [0.15, 0.2) is 5.21 Å². The van der Waals surface area contributed by atoms with Gasteiger partial charge in [-0.15, -0.1) is 0 Å². The number of aromatic nitrogens is 4. The van der Waals surface area contributed by atoms with Gasteiger partial charge >= 0.3 is 5.82 Å². The second-order valence-electron chi connectivity index (χ2n) is 2.99. The van der Waals surface area contributed by atoms with Crippen LogP contribution < -0.4 is 4.68 Å². The number of aromatic amines is 1. The van der Waals surface area contributed by atoms with E-state index in [-0.39, 0.29) is 5.69 Å². The first kappa shape index (κ1) is 9.25. The Balaban J connectivity index is 2.40. The van der Waals surface area contributed by atoms with Gasteiger partial charge in [-0.3, -0.25) is 10.1 Å². The summed E-state index contributed by atoms with van der Waals surface area (Å²) in [5.74, 6) is 0.630. The van der Waals surface area contributed by atoms with Crippen LogP contribution in [0.5, 0.6) is 0 Å². The standard InChI is InChI=1S/C8H7N5O2/c1-12-8(9-10-11-12)6-2-4-7(5-3-6)13(14)15/h2-5H,1H3/p+1. The van der Waals surface area contributed by atoms with E-state index in [4.69, 9.17) is 0 Å². The fourth-order valence-electron chi connectivity index (χ4n) is 1.23. The fraction of sp³-hybridized carbons (Fsp3) is 0.125. The molecule has 1 aromatic heterocycles. The maximum Gasteiger partial charge on any atom is 0.331 e. The van der Waals surface area contributed by atoms with E-state index in [2.05, 4.69) is 15.5 Å². The number of nitro benzene ring substituents is 1. The van der Waals surface area contributed by atoms with Crippen LogP contribution in [-0.2, 0) is 7.05 Å². The van der Waals surface area contributed by atoms with Crippen LogP contribution in [0.25, 0.3) is 11.4 Å². The van der Waals surface area contributed by atoms with Crippen molar-refractivity contribution in [2.45, 2.75) is 0 Å². The lowest BCUT2D eigenvalue weighted by Crippen LogP contribution is -2.32. The molecular weight excluding hydrogens is 198 g/mol. The van der Waals surface area contributed by atoms with E-state index < -0.39 is 4.92 Å². The van der Waals surface area contributed by atoms with Crippen LogP contribution in [0.15, 0.2) is 24.3 Å². The van der Waals surface area contributed by atoms with Gasteiger partial charge in [0.1, 0.15) is 5.10 Å². The third-order valence-electron chi connectivity index (χ3n) is 1.99. The molecule has 0 bridgehead atoms. The average Bonchev–Trinajstić information content (AvgIpc) is 2.65. The minimum Gasteiger partial charge on any atom is -0.258 e. The van der Waals surface area contributed by atoms with Crippen molar-refractivity contribution in [2.24, 2.45) is 7.05 Å². The zero-order valence-corrected chi connectivity index (χ0v) is 7.91. The van der Waals surface area contributed by atoms with Crippen LogP contribution in [-0.4, -0.2) is 20.4 Å². The van der Waals surface area contributed by atoms with E-state index in [1.807, 2.05) is 0 Å². The Hall–Kier alpha value is -2.31. The van der Waals surface area contributed by atoms with E-state index in [1.165, 1.54) is 12.1 Å². The van der Waals surface area contributed by atoms with Crippen LogP contribution >= 0.6 is 0 Å². The van der Waals surface area contributed by atoms with Gasteiger partial charge in [-0.25, -0.2) is 0 Å². The van der Waals surface area contributed by atoms with Gasteiger partial charge in [-0.2, -0.15) is 4.68 Å². The summed E-state index contributed by atoms with van der Waals surface area (Å²) in [6, 6.07) is 6.14. The number of benzene rings is 1. The lowest BCUT2D eigenvalue weighted by atomic mass is 10.2. The van der Waals surface area contributed by atoms with Crippen molar-refractivity contribution in [3.8, 4) is 11.4 Å². The number of non-ortho nitro benzene ring substituents is 1. The summed E-state index contributed by atoms with van der Waals surface area (Å²) < 4.78 is 1.63. The summed E-state index contributed by atoms with van der Waals surface area (Å²) in [6.07, 6.45) is 0. The van der Waals surface area contributed by atoms with Gasteiger partial charge in [0.05, 0.1) is 17.5 Å². The van der Waals surface area contributed by atoms with Gasteiger partial charge in [-0.05, 0) is 12.1 Å². The summed E-state index contributed by atoms with van der Waals surface area (Å²) in [5, 5.41) is 20.5. The first-order valence-corrected chi connectivity index (χ1v) is 4.20. The van der Waals surface area contributed by atoms with Gasteiger partial charge in [0.2, 0.25) is 0 Å². The molecule has 0 radical (unpaired) electrons. The monoisotopic (exact) mass is 206 g/mol. The molecule has 0 spiro atoms. The second-order valence-corrected chi connectivity index (χ2v) is 2.99. The summed E-state index contributed by atoms with van der Waals surface area (Å²) in [7, 11) is 1.76. The fourth-order valence-corrected chi connectivity index (χ4v) is 1.23. The highest BCUT2D eigenvalue weighted by molar-refractivity contribution is 5.54. The Labute approximate surface area is 84.5 Å². The topological polar surface area (TPSA) is 88.6 Å². The number of nitro groups is 1. The van der Waals surface area contributed by atoms with Gasteiger partial charge in [0.25, 0.3) is 5.69 Å². The van der Waals surface area contributed by atoms with E-state index in [1.54, 1.807) is 23.9 Å². The summed E-state index contributed by atoms with van der Waals surface area (Å²) in [6.45, 7) is 0. The molecule has 1 heterocycles. The molecule has 0 amide bonds. The molecule has 0 atom stereocenters. The zero-order chi connectivity index (χ0) is 10.8. The Morgan fingerprint density at radius 3 is 2.53 bits per heavy atom. The van der Waals surface area contributed by atoms with E-state index in [9.17, 15) is 10.1 Å². The van der Waals surface area contributed by atoms with Crippen molar-refractivity contribution in [1.29, 1.82) is 0 Å². The largest absolute Gasteiger partial charge is 0.331 e. The first-order chi connectivity index (χ1) is 7.18. The number of aryl methyl sites for hydroxylation is 1. The average molecular weight is 206 g/mol. The number of nitrogens with one attached hydrogen (secondary N) is 1. The molecule has 76 valence electrons. The normalized spacial score (nSPS) is 10.2. The van der Waals surface area contributed by atoms with Crippen LogP contribution in [0.4, 0.5) is 5.69 Å². The number of hydrogen-bond donors (Lipinski definition) is 1. The molecule has 0 fully saturated rings. The molecule has 15 heavy (non-hydrogen) atoms. The Morgan fingerprint density at radius 1 is 1.40 bits per heavy atom. The molecule has 0 aliphatic carbocycles. The molecular formula is C8H8N5O2+. The molecule has 0 saturated carbocycles. The molecule has 7 heteroatoms. The first-order valence-electron chi connectivity index (χ1n) is 4.20. The number of hydrogen-bond acceptors (Lipinski definition) is 4. The van der Waals surface area contributed by atoms with E-state index >= 15 is 0 Å². The van der Waals surface area contributed by atoms with Crippen molar-refractivity contribution >= 4 is 5.69 Å². The minimum atomic E-state index is -0.438. The molecule has 2 rings (SSSR count). The summed E-state index contributed by atoms with van der Waals surface area (Å²) >= 11 is 0. The number of nitrogens with zero attached hydrogens (tertiary/aromatic N) is 4. The van der Waals surface area contributed by atoms with Crippen LogP contribution in [0, 0.1) is 10.1 Å². The Bertz CT molecular complexity index is 490. The molecule has 1 aromatic carbocycles. The minimum absolute atomic E-state index is 0.0601. The van der Waals surface area contributed by atoms with Crippen molar-refractivity contribution in [1.82, 2.24) is 15.5 Å². The molecule has 0 unspecified atom stereocenters. The zero-order valence-electron chi connectivity index (χ0n) is 7.91. The van der Waals surface area contributed by atoms with Crippen molar-refractivity contribution in [3.05, 3.63) is 34.4 Å². The number of H-pyrrole nitrogens is 1. The third-order valence-corrected chi connectivity index (χ3v) is 1.99. The molecule has 1 N–H and O–H groups in total. The molecule has 7 nitrogen and oxygen atoms in total. The lowest BCUT2D eigenvalue weighted by molar-refractivity contribution is -0.721. The number of tetrazole rings is 1. The van der Waals surface area contributed by atoms with Gasteiger partial charge in [0, 0.05) is 12.1 Å². The van der Waals surface area contributed by atoms with Crippen LogP contribution in [0.2, 0.25) is 0 Å². The quantitative estimate of drug-likeness (QED) is 0.432. The maximum absolute atomic E-state index is 10.4. The summed E-state index contributed by atoms with van der Waals surface area (Å²) in [5.41, 5.74) is 0.835. The maximum atomic E-state index is 10.4. The van der Waals surface area contributed by atoms with Gasteiger partial charge in [-0.1, -0.05) is 5.21 Å². The van der Waals surface area contributed by atoms with Crippen molar-refractivity contribution < 1.29 is 9.61 Å². The van der Waals surface area contributed by atoms with Crippen molar-refractivity contribution in [3.63, 3.8) is 0 Å². The van der Waals surface area contributed by atoms with Crippen LogP contribution in [0.3, 0.4) is 0 Å². The van der Waals surface area contributed by atoms with Crippen LogP contribution in [0.1, 0.15) is 0 Å². The number of rotatable bonds is 2. The lowest BCUT2D eigenvalue weighted by Gasteiger charge is -1.93. The highest BCUT2D eigenvalue weighted by Crippen LogP contribution is 2.17. The Kier molecular flexibility index (Phi) is 2.13. The van der Waals surface area contributed by atoms with E-state index in [0.717, 1.165) is 5.56 Å². The second kappa shape index (κ2) is 3.45. The Morgan fingerprint density at radius 2 is 2.07 bits per heavy atom. The highest BCUT2D eigenvalue weighted by atomic mass is 16.6.